The number of hydrogen-bond donors (Lipinski definition) is 0. The lowest BCUT2D eigenvalue weighted by atomic mass is 10.1. The fraction of sp³-hybridized carbons (Fsp3) is 0.636. The van der Waals surface area contributed by atoms with Gasteiger partial charge in [0.2, 0.25) is 0 Å². The number of carbonyl (C=O) groups excluding carboxylic acids is 1. The van der Waals surface area contributed by atoms with Crippen LogP contribution in [0.4, 0.5) is 0 Å². The van der Waals surface area contributed by atoms with E-state index >= 15 is 0 Å². The Morgan fingerprint density at radius 1 is 1.64 bits per heavy atom. The zero-order valence-electron chi connectivity index (χ0n) is 8.90. The Morgan fingerprint density at radius 2 is 2.36 bits per heavy atom. The summed E-state index contributed by atoms with van der Waals surface area (Å²) in [5.74, 6) is 1.02. The van der Waals surface area contributed by atoms with E-state index in [4.69, 9.17) is 0 Å². The maximum atomic E-state index is 11.1. The lowest BCUT2D eigenvalue weighted by molar-refractivity contribution is -0.118. The molecule has 2 unspecified atom stereocenters. The minimum Gasteiger partial charge on any atom is -0.300 e. The van der Waals surface area contributed by atoms with Crippen molar-refractivity contribution in [1.29, 1.82) is 0 Å². The maximum Gasteiger partial charge on any atom is 0.133 e. The highest BCUT2D eigenvalue weighted by atomic mass is 16.1. The third kappa shape index (κ3) is 1.59. The number of carbonyl (C=O) groups is 1. The van der Waals surface area contributed by atoms with Crippen molar-refractivity contribution in [2.45, 2.75) is 39.2 Å². The van der Waals surface area contributed by atoms with Crippen molar-refractivity contribution in [3.8, 4) is 0 Å². The molecular weight excluding hydrogens is 176 g/mol. The van der Waals surface area contributed by atoms with Crippen LogP contribution in [0.2, 0.25) is 0 Å². The normalized spacial score (nSPS) is 25.4. The third-order valence-electron chi connectivity index (χ3n) is 2.89. The predicted octanol–water partition coefficient (Wildman–Crippen LogP) is 2.16. The summed E-state index contributed by atoms with van der Waals surface area (Å²) in [6.07, 6.45) is 4.98. The van der Waals surface area contributed by atoms with Gasteiger partial charge in [0.25, 0.3) is 0 Å². The van der Waals surface area contributed by atoms with Crippen LogP contribution in [0.15, 0.2) is 12.4 Å². The van der Waals surface area contributed by atoms with Crippen molar-refractivity contribution >= 4 is 5.78 Å². The van der Waals surface area contributed by atoms with Gasteiger partial charge in [-0.1, -0.05) is 0 Å². The molecule has 1 aromatic heterocycles. The van der Waals surface area contributed by atoms with Crippen LogP contribution in [-0.2, 0) is 4.79 Å². The molecule has 1 aliphatic rings. The largest absolute Gasteiger partial charge is 0.300 e. The molecule has 0 saturated heterocycles. The quantitative estimate of drug-likeness (QED) is 0.735. The van der Waals surface area contributed by atoms with Gasteiger partial charge >= 0.3 is 0 Å². The summed E-state index contributed by atoms with van der Waals surface area (Å²) in [6.45, 7) is 5.88. The summed E-state index contributed by atoms with van der Waals surface area (Å²) in [4.78, 5) is 11.1. The number of hydrogen-bond acceptors (Lipinski definition) is 2. The topological polar surface area (TPSA) is 34.9 Å². The van der Waals surface area contributed by atoms with Crippen LogP contribution in [0.3, 0.4) is 0 Å². The SMILES string of the molecule is CC(=O)C1CC1c1cnn(C(C)C)c1. The second-order valence-corrected chi connectivity index (χ2v) is 4.41. The molecule has 0 amide bonds. The zero-order chi connectivity index (χ0) is 10.3. The number of Topliss-reactive ketones (excluding diaryl/α,β-unsaturated/α-hetero) is 1. The molecule has 1 fully saturated rings. The molecule has 0 aromatic carbocycles. The molecular formula is C11H16N2O. The molecule has 2 atom stereocenters. The molecule has 0 bridgehead atoms. The van der Waals surface area contributed by atoms with E-state index in [9.17, 15) is 4.79 Å². The molecule has 0 radical (unpaired) electrons. The van der Waals surface area contributed by atoms with E-state index in [1.807, 2.05) is 10.9 Å². The summed E-state index contributed by atoms with van der Waals surface area (Å²) < 4.78 is 1.95. The molecule has 0 aliphatic heterocycles. The molecule has 1 saturated carbocycles. The highest BCUT2D eigenvalue weighted by Gasteiger charge is 2.42. The second-order valence-electron chi connectivity index (χ2n) is 4.41. The molecule has 1 aromatic rings. The minimum atomic E-state index is 0.264. The minimum absolute atomic E-state index is 0.264. The van der Waals surface area contributed by atoms with Gasteiger partial charge in [-0.3, -0.25) is 9.48 Å². The van der Waals surface area contributed by atoms with Crippen molar-refractivity contribution in [2.75, 3.05) is 0 Å². The van der Waals surface area contributed by atoms with E-state index in [0.29, 0.717) is 17.7 Å². The van der Waals surface area contributed by atoms with Gasteiger partial charge in [0.1, 0.15) is 5.78 Å². The monoisotopic (exact) mass is 192 g/mol. The summed E-state index contributed by atoms with van der Waals surface area (Å²) >= 11 is 0. The van der Waals surface area contributed by atoms with Crippen LogP contribution in [0.25, 0.3) is 0 Å². The van der Waals surface area contributed by atoms with Crippen LogP contribution in [0, 0.1) is 5.92 Å². The molecule has 1 heterocycles. The van der Waals surface area contributed by atoms with Crippen LogP contribution >= 0.6 is 0 Å². The van der Waals surface area contributed by atoms with E-state index in [0.717, 1.165) is 6.42 Å². The van der Waals surface area contributed by atoms with Gasteiger partial charge in [0.05, 0.1) is 6.20 Å². The van der Waals surface area contributed by atoms with Gasteiger partial charge in [-0.15, -0.1) is 0 Å². The van der Waals surface area contributed by atoms with Gasteiger partial charge in [-0.05, 0) is 38.7 Å². The molecule has 14 heavy (non-hydrogen) atoms. The van der Waals surface area contributed by atoms with Gasteiger partial charge in [-0.2, -0.15) is 5.10 Å². The van der Waals surface area contributed by atoms with Crippen molar-refractivity contribution < 1.29 is 4.79 Å². The number of rotatable bonds is 3. The van der Waals surface area contributed by atoms with Crippen molar-refractivity contribution in [3.05, 3.63) is 18.0 Å². The van der Waals surface area contributed by atoms with Gasteiger partial charge < -0.3 is 0 Å². The Bertz CT molecular complexity index is 354. The van der Waals surface area contributed by atoms with E-state index in [1.54, 1.807) is 6.92 Å². The standard InChI is InChI=1S/C11H16N2O/c1-7(2)13-6-9(5-12-13)11-4-10(11)8(3)14/h5-7,10-11H,4H2,1-3H3. The van der Waals surface area contributed by atoms with E-state index < -0.39 is 0 Å². The predicted molar refractivity (Wildman–Crippen MR) is 54.1 cm³/mol. The van der Waals surface area contributed by atoms with Crippen LogP contribution in [-0.4, -0.2) is 15.6 Å². The average Bonchev–Trinajstić information content (AvgIpc) is 2.76. The van der Waals surface area contributed by atoms with E-state index in [2.05, 4.69) is 25.1 Å². The molecule has 0 N–H and O–H groups in total. The van der Waals surface area contributed by atoms with Gasteiger partial charge in [-0.25, -0.2) is 0 Å². The lowest BCUT2D eigenvalue weighted by Gasteiger charge is -2.02. The summed E-state index contributed by atoms with van der Waals surface area (Å²) in [5, 5.41) is 4.28. The van der Waals surface area contributed by atoms with Crippen LogP contribution in [0.1, 0.15) is 44.7 Å². The lowest BCUT2D eigenvalue weighted by Crippen LogP contribution is -2.00. The molecule has 0 spiro atoms. The summed E-state index contributed by atoms with van der Waals surface area (Å²) in [5.41, 5.74) is 1.22. The average molecular weight is 192 g/mol. The molecule has 76 valence electrons. The second kappa shape index (κ2) is 3.23. The van der Waals surface area contributed by atoms with E-state index in [-0.39, 0.29) is 5.92 Å². The first-order valence-electron chi connectivity index (χ1n) is 5.14. The highest BCUT2D eigenvalue weighted by molar-refractivity contribution is 5.82. The Hall–Kier alpha value is -1.12. The highest BCUT2D eigenvalue weighted by Crippen LogP contribution is 2.47. The molecule has 2 rings (SSSR count). The summed E-state index contributed by atoms with van der Waals surface area (Å²) in [7, 11) is 0. The Kier molecular flexibility index (Phi) is 2.17. The number of ketones is 1. The number of aromatic nitrogens is 2. The van der Waals surface area contributed by atoms with Crippen LogP contribution < -0.4 is 0 Å². The van der Waals surface area contributed by atoms with Crippen molar-refractivity contribution in [2.24, 2.45) is 5.92 Å². The zero-order valence-corrected chi connectivity index (χ0v) is 8.90. The smallest absolute Gasteiger partial charge is 0.133 e. The van der Waals surface area contributed by atoms with E-state index in [1.165, 1.54) is 5.56 Å². The molecule has 3 nitrogen and oxygen atoms in total. The first kappa shape index (κ1) is 9.44. The van der Waals surface area contributed by atoms with Gasteiger partial charge in [0.15, 0.2) is 0 Å². The fourth-order valence-electron chi connectivity index (χ4n) is 1.84. The number of nitrogens with zero attached hydrogens (tertiary/aromatic N) is 2. The molecule has 3 heteroatoms. The first-order chi connectivity index (χ1) is 6.59. The third-order valence-corrected chi connectivity index (χ3v) is 2.89. The Morgan fingerprint density at radius 3 is 2.79 bits per heavy atom. The molecule has 1 aliphatic carbocycles. The first-order valence-corrected chi connectivity index (χ1v) is 5.14. The fourth-order valence-corrected chi connectivity index (χ4v) is 1.84. The van der Waals surface area contributed by atoms with Crippen LogP contribution in [0.5, 0.6) is 0 Å². The Labute approximate surface area is 84.1 Å². The maximum absolute atomic E-state index is 11.1. The van der Waals surface area contributed by atoms with Gasteiger partial charge in [0, 0.05) is 18.2 Å². The Balaban J connectivity index is 2.09. The summed E-state index contributed by atoms with van der Waals surface area (Å²) in [6, 6.07) is 0.401. The van der Waals surface area contributed by atoms with Crippen molar-refractivity contribution in [3.63, 3.8) is 0 Å². The van der Waals surface area contributed by atoms with Crippen molar-refractivity contribution in [1.82, 2.24) is 9.78 Å².